The Balaban J connectivity index is 4.14. The predicted molar refractivity (Wildman–Crippen MR) is 56.0 cm³/mol. The second-order valence-electron chi connectivity index (χ2n) is 2.68. The Morgan fingerprint density at radius 3 is 2.42 bits per heavy atom. The SMILES string of the molecule is CC=C(/C=C\C(C)=C/CC)NC. The lowest BCUT2D eigenvalue weighted by molar-refractivity contribution is 1.03. The molecule has 0 aliphatic carbocycles. The summed E-state index contributed by atoms with van der Waals surface area (Å²) in [5, 5.41) is 3.10. The van der Waals surface area contributed by atoms with E-state index in [4.69, 9.17) is 0 Å². The molecule has 0 aromatic rings. The van der Waals surface area contributed by atoms with Crippen molar-refractivity contribution in [3.63, 3.8) is 0 Å². The van der Waals surface area contributed by atoms with E-state index < -0.39 is 0 Å². The molecule has 0 saturated heterocycles. The van der Waals surface area contributed by atoms with Gasteiger partial charge >= 0.3 is 0 Å². The van der Waals surface area contributed by atoms with E-state index in [-0.39, 0.29) is 0 Å². The van der Waals surface area contributed by atoms with Crippen LogP contribution in [0.25, 0.3) is 0 Å². The molecule has 0 bridgehead atoms. The van der Waals surface area contributed by atoms with Crippen LogP contribution in [-0.2, 0) is 0 Å². The van der Waals surface area contributed by atoms with E-state index in [9.17, 15) is 0 Å². The highest BCUT2D eigenvalue weighted by Gasteiger charge is 1.83. The fraction of sp³-hybridized carbons (Fsp3) is 0.455. The number of nitrogens with one attached hydrogen (secondary N) is 1. The smallest absolute Gasteiger partial charge is 0.0294 e. The number of allylic oxidation sites excluding steroid dienone is 5. The van der Waals surface area contributed by atoms with Gasteiger partial charge in [0.15, 0.2) is 0 Å². The molecule has 0 atom stereocenters. The first kappa shape index (κ1) is 11.0. The minimum atomic E-state index is 1.10. The van der Waals surface area contributed by atoms with Crippen molar-refractivity contribution in [2.45, 2.75) is 27.2 Å². The van der Waals surface area contributed by atoms with Crippen molar-refractivity contribution in [1.82, 2.24) is 5.32 Å². The van der Waals surface area contributed by atoms with Crippen molar-refractivity contribution in [3.05, 3.63) is 35.6 Å². The molecule has 0 rings (SSSR count). The molecule has 1 N–H and O–H groups in total. The van der Waals surface area contributed by atoms with E-state index in [1.807, 2.05) is 14.0 Å². The van der Waals surface area contributed by atoms with Gasteiger partial charge < -0.3 is 5.32 Å². The van der Waals surface area contributed by atoms with Gasteiger partial charge in [0.05, 0.1) is 0 Å². The van der Waals surface area contributed by atoms with E-state index in [1.165, 1.54) is 5.57 Å². The highest BCUT2D eigenvalue weighted by Crippen LogP contribution is 1.99. The molecule has 0 spiro atoms. The third-order valence-corrected chi connectivity index (χ3v) is 1.65. The normalized spacial score (nSPS) is 14.0. The lowest BCUT2D eigenvalue weighted by Crippen LogP contribution is -2.01. The molecule has 0 saturated carbocycles. The van der Waals surface area contributed by atoms with E-state index >= 15 is 0 Å². The fourth-order valence-corrected chi connectivity index (χ4v) is 0.935. The number of likely N-dealkylation sites (N-methyl/N-ethyl adjacent to an activating group) is 1. The second kappa shape index (κ2) is 6.71. The lowest BCUT2D eigenvalue weighted by atomic mass is 10.2. The molecule has 0 aliphatic heterocycles. The van der Waals surface area contributed by atoms with Crippen molar-refractivity contribution < 1.29 is 0 Å². The van der Waals surface area contributed by atoms with Gasteiger partial charge in [-0.15, -0.1) is 0 Å². The van der Waals surface area contributed by atoms with Gasteiger partial charge in [-0.3, -0.25) is 0 Å². The van der Waals surface area contributed by atoms with Gasteiger partial charge in [0.25, 0.3) is 0 Å². The van der Waals surface area contributed by atoms with Crippen molar-refractivity contribution in [2.24, 2.45) is 0 Å². The summed E-state index contributed by atoms with van der Waals surface area (Å²) in [7, 11) is 1.93. The van der Waals surface area contributed by atoms with Crippen molar-refractivity contribution in [3.8, 4) is 0 Å². The van der Waals surface area contributed by atoms with Gasteiger partial charge in [-0.2, -0.15) is 0 Å². The van der Waals surface area contributed by atoms with Crippen LogP contribution in [0.3, 0.4) is 0 Å². The van der Waals surface area contributed by atoms with Crippen LogP contribution in [0.2, 0.25) is 0 Å². The first-order valence-electron chi connectivity index (χ1n) is 4.43. The van der Waals surface area contributed by atoms with Gasteiger partial charge in [0.1, 0.15) is 0 Å². The Bertz CT molecular complexity index is 197. The number of rotatable bonds is 4. The Morgan fingerprint density at radius 2 is 2.00 bits per heavy atom. The largest absolute Gasteiger partial charge is 0.388 e. The maximum absolute atomic E-state index is 3.10. The molecule has 68 valence electrons. The molecule has 1 nitrogen and oxygen atoms in total. The molecule has 0 radical (unpaired) electrons. The molecule has 12 heavy (non-hydrogen) atoms. The van der Waals surface area contributed by atoms with Crippen LogP contribution in [0, 0.1) is 0 Å². The zero-order valence-electron chi connectivity index (χ0n) is 8.52. The van der Waals surface area contributed by atoms with Crippen LogP contribution in [0.5, 0.6) is 0 Å². The van der Waals surface area contributed by atoms with E-state index in [0.29, 0.717) is 0 Å². The molecule has 0 aromatic carbocycles. The van der Waals surface area contributed by atoms with E-state index in [2.05, 4.69) is 43.5 Å². The summed E-state index contributed by atoms with van der Waals surface area (Å²) in [6.45, 7) is 6.28. The predicted octanol–water partition coefficient (Wildman–Crippen LogP) is 3.02. The summed E-state index contributed by atoms with van der Waals surface area (Å²) >= 11 is 0. The Labute approximate surface area is 75.9 Å². The minimum absolute atomic E-state index is 1.10. The third kappa shape index (κ3) is 4.78. The quantitative estimate of drug-likeness (QED) is 0.631. The van der Waals surface area contributed by atoms with Gasteiger partial charge in [-0.05, 0) is 26.3 Å². The summed E-state index contributed by atoms with van der Waals surface area (Å²) in [6, 6.07) is 0. The summed E-state index contributed by atoms with van der Waals surface area (Å²) in [6.07, 6.45) is 9.56. The topological polar surface area (TPSA) is 12.0 Å². The first-order valence-corrected chi connectivity index (χ1v) is 4.43. The van der Waals surface area contributed by atoms with E-state index in [0.717, 1.165) is 12.1 Å². The highest BCUT2D eigenvalue weighted by molar-refractivity contribution is 5.24. The molecule has 0 amide bonds. The van der Waals surface area contributed by atoms with Crippen molar-refractivity contribution in [1.29, 1.82) is 0 Å². The molecule has 0 unspecified atom stereocenters. The van der Waals surface area contributed by atoms with Gasteiger partial charge in [-0.1, -0.05) is 30.7 Å². The average Bonchev–Trinajstić information content (AvgIpc) is 2.07. The summed E-state index contributed by atoms with van der Waals surface area (Å²) in [5.74, 6) is 0. The van der Waals surface area contributed by atoms with Crippen molar-refractivity contribution in [2.75, 3.05) is 7.05 Å². The standard InChI is InChI=1S/C11H19N/c1-5-7-10(3)8-9-11(6-2)12-4/h6-9,12H,5H2,1-4H3/b9-8-,10-7-,11-6?. The molecule has 0 aliphatic rings. The van der Waals surface area contributed by atoms with Gasteiger partial charge in [0.2, 0.25) is 0 Å². The Kier molecular flexibility index (Phi) is 6.16. The minimum Gasteiger partial charge on any atom is -0.388 e. The summed E-state index contributed by atoms with van der Waals surface area (Å²) in [4.78, 5) is 0. The van der Waals surface area contributed by atoms with Crippen LogP contribution < -0.4 is 5.32 Å². The third-order valence-electron chi connectivity index (χ3n) is 1.65. The van der Waals surface area contributed by atoms with Crippen LogP contribution in [0.1, 0.15) is 27.2 Å². The summed E-state index contributed by atoms with van der Waals surface area (Å²) < 4.78 is 0. The van der Waals surface area contributed by atoms with Gasteiger partial charge in [-0.25, -0.2) is 0 Å². The maximum Gasteiger partial charge on any atom is 0.0294 e. The Morgan fingerprint density at radius 1 is 1.33 bits per heavy atom. The highest BCUT2D eigenvalue weighted by atomic mass is 14.8. The van der Waals surface area contributed by atoms with Crippen molar-refractivity contribution >= 4 is 0 Å². The lowest BCUT2D eigenvalue weighted by Gasteiger charge is -1.98. The first-order chi connectivity index (χ1) is 5.74. The number of hydrogen-bond acceptors (Lipinski definition) is 1. The zero-order valence-corrected chi connectivity index (χ0v) is 8.52. The molecule has 1 heteroatoms. The number of hydrogen-bond donors (Lipinski definition) is 1. The molecule has 0 fully saturated rings. The van der Waals surface area contributed by atoms with Gasteiger partial charge in [0, 0.05) is 12.7 Å². The summed E-state index contributed by atoms with van der Waals surface area (Å²) in [5.41, 5.74) is 2.46. The average molecular weight is 165 g/mol. The second-order valence-corrected chi connectivity index (χ2v) is 2.68. The Hall–Kier alpha value is -0.980. The monoisotopic (exact) mass is 165 g/mol. The molecule has 0 heterocycles. The van der Waals surface area contributed by atoms with E-state index in [1.54, 1.807) is 0 Å². The molecule has 0 aromatic heterocycles. The zero-order chi connectivity index (χ0) is 9.40. The van der Waals surface area contributed by atoms with Crippen LogP contribution in [0.15, 0.2) is 35.6 Å². The fourth-order valence-electron chi connectivity index (χ4n) is 0.935. The maximum atomic E-state index is 3.10. The van der Waals surface area contributed by atoms with Crippen LogP contribution >= 0.6 is 0 Å². The molecular formula is C11H19N. The van der Waals surface area contributed by atoms with Crippen LogP contribution in [-0.4, -0.2) is 7.05 Å². The van der Waals surface area contributed by atoms with Crippen LogP contribution in [0.4, 0.5) is 0 Å². The molecular weight excluding hydrogens is 146 g/mol.